The Hall–Kier alpha value is -0.773. The molecule has 0 aliphatic heterocycles. The molecule has 0 saturated carbocycles. The second-order valence-corrected chi connectivity index (χ2v) is 6.45. The largest absolute Gasteiger partial charge is 0.494 e. The monoisotopic (exact) mass is 327 g/mol. The van der Waals surface area contributed by atoms with Crippen LogP contribution in [-0.4, -0.2) is 31.0 Å². The van der Waals surface area contributed by atoms with Gasteiger partial charge in [0, 0.05) is 24.4 Å². The van der Waals surface area contributed by atoms with Gasteiger partial charge >= 0.3 is 0 Å². The molecule has 0 amide bonds. The van der Waals surface area contributed by atoms with E-state index in [9.17, 15) is 4.79 Å². The van der Waals surface area contributed by atoms with E-state index in [-0.39, 0.29) is 33.0 Å². The summed E-state index contributed by atoms with van der Waals surface area (Å²) < 4.78 is 5.54. The average molecular weight is 328 g/mol. The molecule has 1 atom stereocenters. The zero-order valence-corrected chi connectivity index (χ0v) is 14.9. The minimum atomic E-state index is 0. The van der Waals surface area contributed by atoms with Crippen LogP contribution in [0.2, 0.25) is 5.02 Å². The minimum Gasteiger partial charge on any atom is -0.494 e. The molecule has 2 aromatic carbocycles. The fraction of sp³-hybridized carbons (Fsp3) is 0.235. The third kappa shape index (κ3) is 5.15. The zero-order chi connectivity index (χ0) is 15.2. The fourth-order valence-electron chi connectivity index (χ4n) is 1.97. The van der Waals surface area contributed by atoms with Gasteiger partial charge in [0.15, 0.2) is 5.52 Å². The van der Waals surface area contributed by atoms with E-state index >= 15 is 0 Å². The first-order valence-corrected chi connectivity index (χ1v) is 8.29. The normalized spacial score (nSPS) is 10.5. The van der Waals surface area contributed by atoms with Crippen molar-refractivity contribution < 1.29 is 9.53 Å². The number of carbonyl (C=O) groups is 1. The third-order valence-electron chi connectivity index (χ3n) is 3.03. The van der Waals surface area contributed by atoms with E-state index in [1.165, 1.54) is 0 Å². The molecule has 0 aliphatic carbocycles. The molecule has 0 aliphatic rings. The van der Waals surface area contributed by atoms with E-state index in [0.29, 0.717) is 17.2 Å². The zero-order valence-electron chi connectivity index (χ0n) is 13.2. The van der Waals surface area contributed by atoms with Crippen LogP contribution in [0.25, 0.3) is 0 Å². The maximum absolute atomic E-state index is 12.4. The van der Waals surface area contributed by atoms with Crippen molar-refractivity contribution in [1.29, 1.82) is 0 Å². The molecule has 2 nitrogen and oxygen atoms in total. The first-order valence-electron chi connectivity index (χ1n) is 6.91. The summed E-state index contributed by atoms with van der Waals surface area (Å²) in [6.45, 7) is 4.69. The van der Waals surface area contributed by atoms with Crippen molar-refractivity contribution in [3.8, 4) is 5.75 Å². The summed E-state index contributed by atoms with van der Waals surface area (Å²) in [6.07, 6.45) is 0.980. The molecule has 2 aromatic rings. The van der Waals surface area contributed by atoms with E-state index in [1.807, 2.05) is 43.3 Å². The average Bonchev–Trinajstić information content (AvgIpc) is 2.46. The summed E-state index contributed by atoms with van der Waals surface area (Å²) in [6, 6.07) is 13.2. The predicted octanol–water partition coefficient (Wildman–Crippen LogP) is 4.20. The second-order valence-electron chi connectivity index (χ2n) is 4.76. The SMILES string of the molecule is CCCOc1ccc(PC(=O)c2c(C)cccc2Cl)cc1.[Li]. The van der Waals surface area contributed by atoms with Crippen molar-refractivity contribution in [2.24, 2.45) is 0 Å². The Morgan fingerprint density at radius 2 is 1.86 bits per heavy atom. The van der Waals surface area contributed by atoms with Crippen molar-refractivity contribution in [3.05, 3.63) is 58.6 Å². The Morgan fingerprint density at radius 1 is 1.18 bits per heavy atom. The molecular formula is C17H18ClLiO2P. The van der Waals surface area contributed by atoms with Gasteiger partial charge in [-0.2, -0.15) is 0 Å². The molecule has 2 rings (SSSR count). The van der Waals surface area contributed by atoms with Crippen LogP contribution >= 0.6 is 20.2 Å². The Bertz CT molecular complexity index is 609. The maximum Gasteiger partial charge on any atom is 0.187 e. The van der Waals surface area contributed by atoms with E-state index < -0.39 is 0 Å². The predicted molar refractivity (Wildman–Crippen MR) is 96.5 cm³/mol. The van der Waals surface area contributed by atoms with Crippen molar-refractivity contribution in [2.45, 2.75) is 20.3 Å². The van der Waals surface area contributed by atoms with Gasteiger partial charge in [-0.1, -0.05) is 42.8 Å². The van der Waals surface area contributed by atoms with Crippen LogP contribution in [0.15, 0.2) is 42.5 Å². The summed E-state index contributed by atoms with van der Waals surface area (Å²) >= 11 is 6.14. The molecule has 1 unspecified atom stereocenters. The first kappa shape index (κ1) is 19.3. The molecule has 0 N–H and O–H groups in total. The molecule has 0 bridgehead atoms. The first-order chi connectivity index (χ1) is 10.1. The topological polar surface area (TPSA) is 26.3 Å². The fourth-order valence-corrected chi connectivity index (χ4v) is 3.41. The number of carbonyl (C=O) groups excluding carboxylic acids is 1. The number of ether oxygens (including phenoxy) is 1. The van der Waals surface area contributed by atoms with Gasteiger partial charge in [-0.15, -0.1) is 0 Å². The van der Waals surface area contributed by atoms with Crippen LogP contribution in [0.3, 0.4) is 0 Å². The molecule has 22 heavy (non-hydrogen) atoms. The molecule has 111 valence electrons. The van der Waals surface area contributed by atoms with E-state index in [2.05, 4.69) is 6.92 Å². The van der Waals surface area contributed by atoms with Gasteiger partial charge in [0.1, 0.15) is 5.75 Å². The summed E-state index contributed by atoms with van der Waals surface area (Å²) in [7, 11) is 0.0683. The summed E-state index contributed by atoms with van der Waals surface area (Å²) in [5.74, 6) is 0.840. The minimum absolute atomic E-state index is 0. The number of benzene rings is 2. The number of aryl methyl sites for hydroxylation is 1. The quantitative estimate of drug-likeness (QED) is 0.587. The maximum atomic E-state index is 12.4. The Labute approximate surface area is 150 Å². The Balaban J connectivity index is 0.00000242. The van der Waals surface area contributed by atoms with Gasteiger partial charge in [0.25, 0.3) is 0 Å². The summed E-state index contributed by atoms with van der Waals surface area (Å²) in [4.78, 5) is 12.4. The van der Waals surface area contributed by atoms with Crippen molar-refractivity contribution in [3.63, 3.8) is 0 Å². The van der Waals surface area contributed by atoms with Gasteiger partial charge in [0.05, 0.1) is 11.6 Å². The Kier molecular flexibility index (Phi) is 8.22. The number of hydrogen-bond donors (Lipinski definition) is 0. The second kappa shape index (κ2) is 9.39. The van der Waals surface area contributed by atoms with Crippen molar-refractivity contribution in [2.75, 3.05) is 6.61 Å². The van der Waals surface area contributed by atoms with Gasteiger partial charge in [-0.25, -0.2) is 0 Å². The molecule has 0 aromatic heterocycles. The third-order valence-corrected chi connectivity index (χ3v) is 4.45. The van der Waals surface area contributed by atoms with Gasteiger partial charge < -0.3 is 4.74 Å². The van der Waals surface area contributed by atoms with Crippen LogP contribution in [-0.2, 0) is 0 Å². The van der Waals surface area contributed by atoms with Crippen LogP contribution in [0.4, 0.5) is 0 Å². The van der Waals surface area contributed by atoms with E-state index in [1.54, 1.807) is 6.07 Å². The smallest absolute Gasteiger partial charge is 0.187 e. The summed E-state index contributed by atoms with van der Waals surface area (Å²) in [5, 5.41) is 1.51. The molecular weight excluding hydrogens is 310 g/mol. The molecule has 1 radical (unpaired) electrons. The van der Waals surface area contributed by atoms with E-state index in [4.69, 9.17) is 16.3 Å². The number of halogens is 1. The Morgan fingerprint density at radius 3 is 2.45 bits per heavy atom. The summed E-state index contributed by atoms with van der Waals surface area (Å²) in [5.41, 5.74) is 1.62. The number of rotatable bonds is 6. The molecule has 0 spiro atoms. The van der Waals surface area contributed by atoms with Gasteiger partial charge in [-0.05, 0) is 51.0 Å². The standard InChI is InChI=1S/C17H18ClO2P.Li/c1-3-11-20-13-7-9-14(10-8-13)21-17(19)16-12(2)5-4-6-15(16)18;/h4-10,21H,3,11H2,1-2H3;. The van der Waals surface area contributed by atoms with Crippen LogP contribution in [0.1, 0.15) is 29.3 Å². The van der Waals surface area contributed by atoms with Gasteiger partial charge in [-0.3, -0.25) is 4.79 Å². The van der Waals surface area contributed by atoms with Crippen molar-refractivity contribution >= 4 is 49.9 Å². The molecule has 0 heterocycles. The van der Waals surface area contributed by atoms with Crippen molar-refractivity contribution in [1.82, 2.24) is 0 Å². The van der Waals surface area contributed by atoms with Crippen LogP contribution in [0, 0.1) is 6.92 Å². The van der Waals surface area contributed by atoms with Gasteiger partial charge in [0.2, 0.25) is 0 Å². The van der Waals surface area contributed by atoms with Crippen LogP contribution in [0.5, 0.6) is 5.75 Å². The molecule has 5 heteroatoms. The van der Waals surface area contributed by atoms with Crippen LogP contribution < -0.4 is 10.0 Å². The van der Waals surface area contributed by atoms with E-state index in [0.717, 1.165) is 23.0 Å². The molecule has 0 fully saturated rings. The molecule has 0 saturated heterocycles. The number of hydrogen-bond acceptors (Lipinski definition) is 2.